The van der Waals surface area contributed by atoms with Crippen LogP contribution in [0.2, 0.25) is 0 Å². The Hall–Kier alpha value is -2.15. The fourth-order valence-electron chi connectivity index (χ4n) is 3.25. The molecule has 1 unspecified atom stereocenters. The molecular formula is C16H20N4O3. The number of methoxy groups -OCH3 is 1. The van der Waals surface area contributed by atoms with Crippen LogP contribution in [0.15, 0.2) is 23.0 Å². The lowest BCUT2D eigenvalue weighted by atomic mass is 9.98. The lowest BCUT2D eigenvalue weighted by molar-refractivity contribution is 0.0671. The minimum absolute atomic E-state index is 0.0396. The summed E-state index contributed by atoms with van der Waals surface area (Å²) >= 11 is 0. The van der Waals surface area contributed by atoms with Crippen molar-refractivity contribution in [3.63, 3.8) is 0 Å². The quantitative estimate of drug-likeness (QED) is 0.839. The second-order valence-electron chi connectivity index (χ2n) is 6.40. The maximum atomic E-state index is 12.6. The molecular weight excluding hydrogens is 296 g/mol. The molecule has 23 heavy (non-hydrogen) atoms. The summed E-state index contributed by atoms with van der Waals surface area (Å²) in [5, 5.41) is 8.65. The van der Waals surface area contributed by atoms with E-state index in [0.717, 1.165) is 23.9 Å². The Morgan fingerprint density at radius 1 is 1.48 bits per heavy atom. The van der Waals surface area contributed by atoms with E-state index in [1.807, 2.05) is 4.68 Å². The lowest BCUT2D eigenvalue weighted by Gasteiger charge is -2.32. The zero-order valence-corrected chi connectivity index (χ0v) is 13.1. The molecule has 4 rings (SSSR count). The van der Waals surface area contributed by atoms with Gasteiger partial charge in [0, 0.05) is 26.1 Å². The number of hydrogen-bond donors (Lipinski definition) is 0. The molecule has 122 valence electrons. The molecule has 1 amide bonds. The van der Waals surface area contributed by atoms with Gasteiger partial charge < -0.3 is 14.1 Å². The molecule has 0 aromatic carbocycles. The average molecular weight is 316 g/mol. The van der Waals surface area contributed by atoms with Gasteiger partial charge in [0.05, 0.1) is 30.7 Å². The van der Waals surface area contributed by atoms with Crippen LogP contribution < -0.4 is 0 Å². The van der Waals surface area contributed by atoms with Crippen molar-refractivity contribution in [2.24, 2.45) is 5.92 Å². The van der Waals surface area contributed by atoms with Crippen molar-refractivity contribution in [1.82, 2.24) is 19.9 Å². The summed E-state index contributed by atoms with van der Waals surface area (Å²) in [6, 6.07) is 1.69. The molecule has 1 fully saturated rings. The molecule has 2 aliphatic rings. The molecule has 1 aliphatic carbocycles. The molecule has 0 bridgehead atoms. The van der Waals surface area contributed by atoms with Crippen molar-refractivity contribution >= 4 is 5.91 Å². The van der Waals surface area contributed by atoms with Crippen LogP contribution in [0, 0.1) is 5.92 Å². The monoisotopic (exact) mass is 316 g/mol. The first-order valence-electron chi connectivity index (χ1n) is 7.99. The molecule has 7 heteroatoms. The van der Waals surface area contributed by atoms with Crippen molar-refractivity contribution < 1.29 is 13.9 Å². The number of hydrogen-bond acceptors (Lipinski definition) is 5. The summed E-state index contributed by atoms with van der Waals surface area (Å²) in [5.41, 5.74) is 2.58. The maximum absolute atomic E-state index is 12.6. The van der Waals surface area contributed by atoms with E-state index in [1.54, 1.807) is 18.1 Å². The highest BCUT2D eigenvalue weighted by atomic mass is 16.5. The Bertz CT molecular complexity index is 690. The standard InChI is InChI=1S/C16H20N4O3/c1-22-9-13-7-19(16(21)12-4-5-23-10-12)8-14-15(13)20(18-17-14)6-11-2-3-11/h4-5,10-11,13H,2-3,6-9H2,1H3. The minimum atomic E-state index is -0.0396. The Kier molecular flexibility index (Phi) is 3.65. The lowest BCUT2D eigenvalue weighted by Crippen LogP contribution is -2.40. The largest absolute Gasteiger partial charge is 0.472 e. The minimum Gasteiger partial charge on any atom is -0.472 e. The average Bonchev–Trinajstić information content (AvgIpc) is 3.04. The molecule has 2 aromatic heterocycles. The third-order valence-electron chi connectivity index (χ3n) is 4.57. The van der Waals surface area contributed by atoms with Crippen molar-refractivity contribution in [3.05, 3.63) is 35.5 Å². The number of rotatable bonds is 5. The summed E-state index contributed by atoms with van der Waals surface area (Å²) in [7, 11) is 1.69. The Labute approximate surface area is 134 Å². The number of nitrogens with zero attached hydrogens (tertiary/aromatic N) is 4. The van der Waals surface area contributed by atoms with E-state index in [0.29, 0.717) is 25.3 Å². The Morgan fingerprint density at radius 3 is 3.04 bits per heavy atom. The number of fused-ring (bicyclic) bond motifs is 1. The predicted molar refractivity (Wildman–Crippen MR) is 80.8 cm³/mol. The Morgan fingerprint density at radius 2 is 2.35 bits per heavy atom. The van der Waals surface area contributed by atoms with Gasteiger partial charge in [-0.05, 0) is 24.8 Å². The van der Waals surface area contributed by atoms with Gasteiger partial charge in [0.25, 0.3) is 5.91 Å². The molecule has 2 aromatic rings. The summed E-state index contributed by atoms with van der Waals surface area (Å²) in [6.07, 6.45) is 5.54. The SMILES string of the molecule is COCC1CN(C(=O)c2ccoc2)Cc2nnn(CC3CC3)c21. The number of furan rings is 1. The predicted octanol–water partition coefficient (Wildman–Crippen LogP) is 1.67. The van der Waals surface area contributed by atoms with Crippen LogP contribution in [0.5, 0.6) is 0 Å². The van der Waals surface area contributed by atoms with Crippen molar-refractivity contribution in [1.29, 1.82) is 0 Å². The fourth-order valence-corrected chi connectivity index (χ4v) is 3.25. The van der Waals surface area contributed by atoms with Crippen molar-refractivity contribution in [2.45, 2.75) is 31.8 Å². The number of ether oxygens (including phenoxy) is 1. The highest BCUT2D eigenvalue weighted by molar-refractivity contribution is 5.93. The molecule has 1 saturated carbocycles. The van der Waals surface area contributed by atoms with E-state index in [9.17, 15) is 4.79 Å². The first kappa shape index (κ1) is 14.4. The number of carbonyl (C=O) groups is 1. The highest BCUT2D eigenvalue weighted by Gasteiger charge is 2.35. The zero-order chi connectivity index (χ0) is 15.8. The van der Waals surface area contributed by atoms with Crippen molar-refractivity contribution in [2.75, 3.05) is 20.3 Å². The molecule has 1 aliphatic heterocycles. The summed E-state index contributed by atoms with van der Waals surface area (Å²) in [5.74, 6) is 0.796. The summed E-state index contributed by atoms with van der Waals surface area (Å²) in [6.45, 7) is 2.59. The van der Waals surface area contributed by atoms with Crippen LogP contribution in [0.1, 0.15) is 40.5 Å². The van der Waals surface area contributed by atoms with Gasteiger partial charge in [0.1, 0.15) is 12.0 Å². The van der Waals surface area contributed by atoms with Gasteiger partial charge in [-0.3, -0.25) is 4.79 Å². The zero-order valence-electron chi connectivity index (χ0n) is 13.1. The van der Waals surface area contributed by atoms with Gasteiger partial charge in [-0.1, -0.05) is 5.21 Å². The molecule has 1 atom stereocenters. The molecule has 0 radical (unpaired) electrons. The van der Waals surface area contributed by atoms with Crippen LogP contribution in [-0.2, 0) is 17.8 Å². The third-order valence-corrected chi connectivity index (χ3v) is 4.57. The van der Waals surface area contributed by atoms with Gasteiger partial charge in [0.15, 0.2) is 0 Å². The second-order valence-corrected chi connectivity index (χ2v) is 6.40. The summed E-state index contributed by atoms with van der Waals surface area (Å²) < 4.78 is 12.4. The van der Waals surface area contributed by atoms with Crippen LogP contribution in [-0.4, -0.2) is 46.1 Å². The van der Waals surface area contributed by atoms with Gasteiger partial charge in [-0.2, -0.15) is 0 Å². The Balaban J connectivity index is 1.60. The summed E-state index contributed by atoms with van der Waals surface area (Å²) in [4.78, 5) is 14.4. The van der Waals surface area contributed by atoms with Crippen molar-refractivity contribution in [3.8, 4) is 0 Å². The van der Waals surface area contributed by atoms with Gasteiger partial charge in [-0.25, -0.2) is 4.68 Å². The molecule has 0 N–H and O–H groups in total. The van der Waals surface area contributed by atoms with Gasteiger partial charge in [0.2, 0.25) is 0 Å². The second kappa shape index (κ2) is 5.81. The van der Waals surface area contributed by atoms with E-state index in [2.05, 4.69) is 10.3 Å². The molecule has 7 nitrogen and oxygen atoms in total. The van der Waals surface area contributed by atoms with E-state index >= 15 is 0 Å². The smallest absolute Gasteiger partial charge is 0.257 e. The molecule has 0 spiro atoms. The third kappa shape index (κ3) is 2.76. The first-order chi connectivity index (χ1) is 11.3. The fraction of sp³-hybridized carbons (Fsp3) is 0.562. The molecule has 0 saturated heterocycles. The van der Waals surface area contributed by atoms with Gasteiger partial charge in [-0.15, -0.1) is 5.10 Å². The first-order valence-corrected chi connectivity index (χ1v) is 7.99. The highest BCUT2D eigenvalue weighted by Crippen LogP contribution is 2.34. The van der Waals surface area contributed by atoms with Crippen LogP contribution in [0.25, 0.3) is 0 Å². The van der Waals surface area contributed by atoms with Crippen LogP contribution in [0.3, 0.4) is 0 Å². The number of aromatic nitrogens is 3. The van der Waals surface area contributed by atoms with E-state index in [1.165, 1.54) is 25.4 Å². The maximum Gasteiger partial charge on any atom is 0.257 e. The van der Waals surface area contributed by atoms with E-state index < -0.39 is 0 Å². The normalized spacial score (nSPS) is 20.6. The number of amides is 1. The van der Waals surface area contributed by atoms with Gasteiger partial charge >= 0.3 is 0 Å². The van der Waals surface area contributed by atoms with Crippen LogP contribution in [0.4, 0.5) is 0 Å². The van der Waals surface area contributed by atoms with E-state index in [-0.39, 0.29) is 11.8 Å². The number of carbonyl (C=O) groups excluding carboxylic acids is 1. The van der Waals surface area contributed by atoms with E-state index in [4.69, 9.17) is 9.15 Å². The van der Waals surface area contributed by atoms with Crippen LogP contribution >= 0.6 is 0 Å². The topological polar surface area (TPSA) is 73.4 Å². The molecule has 3 heterocycles.